The molecule has 0 aliphatic carbocycles. The van der Waals surface area contributed by atoms with Gasteiger partial charge in [-0.2, -0.15) is 5.10 Å². The first-order valence-corrected chi connectivity index (χ1v) is 10.2. The van der Waals surface area contributed by atoms with Crippen LogP contribution in [0.2, 0.25) is 0 Å². The SMILES string of the molecule is COc1ccc(-c2nn(-c3ccccc3)cc2CNc2cc(C(=O)N(C)C)ccn2)cc1. The number of hydrogen-bond donors (Lipinski definition) is 1. The Balaban J connectivity index is 1.64. The molecule has 1 N–H and O–H groups in total. The second-order valence-corrected chi connectivity index (χ2v) is 7.49. The highest BCUT2D eigenvalue weighted by molar-refractivity contribution is 5.94. The summed E-state index contributed by atoms with van der Waals surface area (Å²) in [6.45, 7) is 0.501. The molecule has 0 bridgehead atoms. The van der Waals surface area contributed by atoms with Crippen molar-refractivity contribution in [2.45, 2.75) is 6.54 Å². The van der Waals surface area contributed by atoms with E-state index in [0.717, 1.165) is 28.3 Å². The fourth-order valence-corrected chi connectivity index (χ4v) is 3.35. The van der Waals surface area contributed by atoms with E-state index >= 15 is 0 Å². The summed E-state index contributed by atoms with van der Waals surface area (Å²) in [6, 6.07) is 21.3. The predicted octanol–water partition coefficient (Wildman–Crippen LogP) is 4.26. The molecule has 0 spiro atoms. The lowest BCUT2D eigenvalue weighted by molar-refractivity contribution is 0.0827. The summed E-state index contributed by atoms with van der Waals surface area (Å²) in [5.41, 5.74) is 4.42. The number of ether oxygens (including phenoxy) is 1. The van der Waals surface area contributed by atoms with Crippen LogP contribution in [0.15, 0.2) is 79.1 Å². The number of rotatable bonds is 7. The molecule has 0 saturated carbocycles. The summed E-state index contributed by atoms with van der Waals surface area (Å²) in [5, 5.41) is 8.17. The Bertz CT molecular complexity index is 1200. The Morgan fingerprint density at radius 3 is 2.50 bits per heavy atom. The number of nitrogens with one attached hydrogen (secondary N) is 1. The van der Waals surface area contributed by atoms with Gasteiger partial charge < -0.3 is 15.0 Å². The van der Waals surface area contributed by atoms with Gasteiger partial charge in [0.2, 0.25) is 0 Å². The monoisotopic (exact) mass is 427 g/mol. The molecule has 0 unspecified atom stereocenters. The van der Waals surface area contributed by atoms with Gasteiger partial charge in [0.25, 0.3) is 5.91 Å². The number of para-hydroxylation sites is 1. The fourth-order valence-electron chi connectivity index (χ4n) is 3.35. The first kappa shape index (κ1) is 21.1. The lowest BCUT2D eigenvalue weighted by Gasteiger charge is -2.11. The van der Waals surface area contributed by atoms with Crippen LogP contribution in [-0.4, -0.2) is 46.8 Å². The van der Waals surface area contributed by atoms with E-state index in [2.05, 4.69) is 10.3 Å². The molecule has 162 valence electrons. The molecule has 2 heterocycles. The minimum Gasteiger partial charge on any atom is -0.497 e. The van der Waals surface area contributed by atoms with E-state index in [9.17, 15) is 4.79 Å². The normalized spacial score (nSPS) is 10.6. The summed E-state index contributed by atoms with van der Waals surface area (Å²) >= 11 is 0. The van der Waals surface area contributed by atoms with Gasteiger partial charge >= 0.3 is 0 Å². The number of pyridine rings is 1. The maximum absolute atomic E-state index is 12.3. The number of carbonyl (C=O) groups is 1. The molecular weight excluding hydrogens is 402 g/mol. The van der Waals surface area contributed by atoms with E-state index in [1.807, 2.05) is 65.5 Å². The highest BCUT2D eigenvalue weighted by Crippen LogP contribution is 2.26. The van der Waals surface area contributed by atoms with E-state index in [0.29, 0.717) is 17.9 Å². The number of anilines is 1. The molecule has 4 rings (SSSR count). The van der Waals surface area contributed by atoms with Gasteiger partial charge in [-0.15, -0.1) is 0 Å². The molecule has 2 aromatic heterocycles. The average Bonchev–Trinajstić information content (AvgIpc) is 3.27. The number of carbonyl (C=O) groups excluding carboxylic acids is 1. The Morgan fingerprint density at radius 1 is 1.06 bits per heavy atom. The Morgan fingerprint density at radius 2 is 1.81 bits per heavy atom. The third kappa shape index (κ3) is 4.62. The van der Waals surface area contributed by atoms with Gasteiger partial charge in [0, 0.05) is 49.7 Å². The van der Waals surface area contributed by atoms with E-state index in [4.69, 9.17) is 9.84 Å². The quantitative estimate of drug-likeness (QED) is 0.477. The van der Waals surface area contributed by atoms with Crippen LogP contribution in [0.3, 0.4) is 0 Å². The summed E-state index contributed by atoms with van der Waals surface area (Å²) in [4.78, 5) is 18.2. The Labute approximate surface area is 187 Å². The van der Waals surface area contributed by atoms with Crippen molar-refractivity contribution in [1.29, 1.82) is 0 Å². The molecule has 0 radical (unpaired) electrons. The van der Waals surface area contributed by atoms with Gasteiger partial charge in [0.05, 0.1) is 18.5 Å². The highest BCUT2D eigenvalue weighted by atomic mass is 16.5. The number of hydrogen-bond acceptors (Lipinski definition) is 5. The van der Waals surface area contributed by atoms with Crippen LogP contribution in [0.5, 0.6) is 5.75 Å². The molecule has 7 nitrogen and oxygen atoms in total. The molecule has 0 aliphatic rings. The molecule has 2 aromatic carbocycles. The Hall–Kier alpha value is -4.13. The Kier molecular flexibility index (Phi) is 6.17. The number of nitrogens with zero attached hydrogens (tertiary/aromatic N) is 4. The van der Waals surface area contributed by atoms with E-state index in [-0.39, 0.29) is 5.91 Å². The fraction of sp³-hybridized carbons (Fsp3) is 0.160. The van der Waals surface area contributed by atoms with Gasteiger partial charge in [0.1, 0.15) is 11.6 Å². The summed E-state index contributed by atoms with van der Waals surface area (Å²) in [6.07, 6.45) is 3.65. The first-order chi connectivity index (χ1) is 15.5. The van der Waals surface area contributed by atoms with Crippen LogP contribution in [0.25, 0.3) is 16.9 Å². The van der Waals surface area contributed by atoms with Crippen molar-refractivity contribution >= 4 is 11.7 Å². The van der Waals surface area contributed by atoms with Crippen LogP contribution in [0.4, 0.5) is 5.82 Å². The standard InChI is InChI=1S/C25H25N5O2/c1-29(2)25(31)19-13-14-26-23(15-19)27-16-20-17-30(21-7-5-4-6-8-21)28-24(20)18-9-11-22(32-3)12-10-18/h4-15,17H,16H2,1-3H3,(H,26,27). The molecule has 0 saturated heterocycles. The number of methoxy groups -OCH3 is 1. The third-order valence-electron chi connectivity index (χ3n) is 5.05. The van der Waals surface area contributed by atoms with Gasteiger partial charge in [0.15, 0.2) is 0 Å². The molecule has 1 amide bonds. The van der Waals surface area contributed by atoms with E-state index in [1.54, 1.807) is 44.4 Å². The van der Waals surface area contributed by atoms with Gasteiger partial charge in [-0.05, 0) is 48.5 Å². The van der Waals surface area contributed by atoms with E-state index in [1.165, 1.54) is 0 Å². The van der Waals surface area contributed by atoms with Crippen molar-refractivity contribution in [3.63, 3.8) is 0 Å². The lowest BCUT2D eigenvalue weighted by atomic mass is 10.1. The van der Waals surface area contributed by atoms with E-state index < -0.39 is 0 Å². The molecule has 0 aliphatic heterocycles. The number of benzene rings is 2. The zero-order valence-corrected chi connectivity index (χ0v) is 18.3. The van der Waals surface area contributed by atoms with Crippen molar-refractivity contribution in [1.82, 2.24) is 19.7 Å². The van der Waals surface area contributed by atoms with Crippen LogP contribution >= 0.6 is 0 Å². The molecule has 0 fully saturated rings. The summed E-state index contributed by atoms with van der Waals surface area (Å²) < 4.78 is 7.16. The lowest BCUT2D eigenvalue weighted by Crippen LogP contribution is -2.21. The number of aromatic nitrogens is 3. The smallest absolute Gasteiger partial charge is 0.253 e. The molecule has 7 heteroatoms. The van der Waals surface area contributed by atoms with Crippen molar-refractivity contribution in [3.05, 3.63) is 90.3 Å². The van der Waals surface area contributed by atoms with Crippen molar-refractivity contribution in [3.8, 4) is 22.7 Å². The topological polar surface area (TPSA) is 72.3 Å². The van der Waals surface area contributed by atoms with Gasteiger partial charge in [-0.3, -0.25) is 4.79 Å². The number of amides is 1. The molecule has 0 atom stereocenters. The minimum atomic E-state index is -0.0636. The zero-order chi connectivity index (χ0) is 22.5. The predicted molar refractivity (Wildman–Crippen MR) is 125 cm³/mol. The second-order valence-electron chi connectivity index (χ2n) is 7.49. The van der Waals surface area contributed by atoms with Crippen molar-refractivity contribution < 1.29 is 9.53 Å². The molecule has 32 heavy (non-hydrogen) atoms. The van der Waals surface area contributed by atoms with Crippen molar-refractivity contribution in [2.75, 3.05) is 26.5 Å². The van der Waals surface area contributed by atoms with Crippen LogP contribution in [0, 0.1) is 0 Å². The summed E-state index contributed by atoms with van der Waals surface area (Å²) in [5.74, 6) is 1.36. The minimum absolute atomic E-state index is 0.0636. The maximum atomic E-state index is 12.3. The third-order valence-corrected chi connectivity index (χ3v) is 5.05. The van der Waals surface area contributed by atoms with Gasteiger partial charge in [-0.25, -0.2) is 9.67 Å². The highest BCUT2D eigenvalue weighted by Gasteiger charge is 2.14. The molecular formula is C25H25N5O2. The largest absolute Gasteiger partial charge is 0.497 e. The van der Waals surface area contributed by atoms with Crippen LogP contribution in [0.1, 0.15) is 15.9 Å². The zero-order valence-electron chi connectivity index (χ0n) is 18.3. The van der Waals surface area contributed by atoms with Crippen molar-refractivity contribution in [2.24, 2.45) is 0 Å². The molecule has 4 aromatic rings. The first-order valence-electron chi connectivity index (χ1n) is 10.2. The van der Waals surface area contributed by atoms with Crippen LogP contribution in [-0.2, 0) is 6.54 Å². The van der Waals surface area contributed by atoms with Gasteiger partial charge in [-0.1, -0.05) is 18.2 Å². The second kappa shape index (κ2) is 9.34. The summed E-state index contributed by atoms with van der Waals surface area (Å²) in [7, 11) is 5.11. The maximum Gasteiger partial charge on any atom is 0.253 e. The average molecular weight is 428 g/mol. The van der Waals surface area contributed by atoms with Crippen LogP contribution < -0.4 is 10.1 Å².